The lowest BCUT2D eigenvalue weighted by Crippen LogP contribution is -2.53. The molecule has 6 heteroatoms. The summed E-state index contributed by atoms with van der Waals surface area (Å²) in [5, 5.41) is 9.37. The molecule has 0 bridgehead atoms. The van der Waals surface area contributed by atoms with E-state index in [-0.39, 0.29) is 11.6 Å². The molecule has 114 valence electrons. The van der Waals surface area contributed by atoms with Crippen molar-refractivity contribution in [2.24, 2.45) is 0 Å². The largest absolute Gasteiger partial charge is 0.480 e. The van der Waals surface area contributed by atoms with Crippen LogP contribution in [0.2, 0.25) is 0 Å². The Morgan fingerprint density at radius 3 is 2.67 bits per heavy atom. The molecule has 1 amide bonds. The van der Waals surface area contributed by atoms with Gasteiger partial charge in [0.2, 0.25) is 0 Å². The first kappa shape index (κ1) is 15.4. The summed E-state index contributed by atoms with van der Waals surface area (Å²) in [7, 11) is 3.79. The van der Waals surface area contributed by atoms with Crippen molar-refractivity contribution >= 4 is 11.9 Å². The number of carboxylic acid groups (broad SMARTS) is 1. The van der Waals surface area contributed by atoms with Crippen LogP contribution in [-0.2, 0) is 4.79 Å². The first-order valence-electron chi connectivity index (χ1n) is 6.86. The highest BCUT2D eigenvalue weighted by atomic mass is 19.1. The van der Waals surface area contributed by atoms with Crippen molar-refractivity contribution in [2.45, 2.75) is 24.9 Å². The van der Waals surface area contributed by atoms with Gasteiger partial charge in [0.25, 0.3) is 5.91 Å². The number of carbonyl (C=O) groups excluding carboxylic acids is 1. The number of carbonyl (C=O) groups is 2. The van der Waals surface area contributed by atoms with Gasteiger partial charge in [-0.05, 0) is 45.1 Å². The first-order chi connectivity index (χ1) is 9.90. The molecule has 5 nitrogen and oxygen atoms in total. The van der Waals surface area contributed by atoms with E-state index in [4.69, 9.17) is 0 Å². The monoisotopic (exact) mass is 294 g/mol. The van der Waals surface area contributed by atoms with Crippen molar-refractivity contribution in [3.63, 3.8) is 0 Å². The van der Waals surface area contributed by atoms with Gasteiger partial charge in [0, 0.05) is 18.2 Å². The molecule has 1 aromatic rings. The summed E-state index contributed by atoms with van der Waals surface area (Å²) in [6.45, 7) is 0.356. The van der Waals surface area contributed by atoms with E-state index in [1.54, 1.807) is 0 Å². The molecule has 21 heavy (non-hydrogen) atoms. The quantitative estimate of drug-likeness (QED) is 0.916. The second-order valence-electron chi connectivity index (χ2n) is 5.50. The molecular formula is C15H19FN2O3. The number of carboxylic acids is 1. The topological polar surface area (TPSA) is 60.9 Å². The predicted octanol–water partition coefficient (Wildman–Crippen LogP) is 1.45. The molecule has 1 saturated heterocycles. The number of hydrogen-bond acceptors (Lipinski definition) is 3. The molecule has 0 radical (unpaired) electrons. The average Bonchev–Trinajstić information content (AvgIpc) is 2.45. The molecule has 1 aliphatic heterocycles. The van der Waals surface area contributed by atoms with Gasteiger partial charge in [0.05, 0.1) is 0 Å². The maximum absolute atomic E-state index is 13.2. The average molecular weight is 294 g/mol. The van der Waals surface area contributed by atoms with Gasteiger partial charge in [-0.3, -0.25) is 4.79 Å². The highest BCUT2D eigenvalue weighted by Gasteiger charge is 2.37. The zero-order valence-electron chi connectivity index (χ0n) is 12.1. The highest BCUT2D eigenvalue weighted by molar-refractivity contribution is 5.96. The lowest BCUT2D eigenvalue weighted by atomic mass is 9.95. The molecule has 1 fully saturated rings. The normalized spacial score (nSPS) is 22.4. The van der Waals surface area contributed by atoms with Crippen molar-refractivity contribution in [3.8, 4) is 0 Å². The summed E-state index contributed by atoms with van der Waals surface area (Å²) < 4.78 is 13.2. The van der Waals surface area contributed by atoms with E-state index in [1.165, 1.54) is 23.1 Å². The van der Waals surface area contributed by atoms with Crippen LogP contribution in [0.4, 0.5) is 4.39 Å². The minimum absolute atomic E-state index is 0.127. The number of aliphatic carboxylic acids is 1. The Hall–Kier alpha value is -1.95. The van der Waals surface area contributed by atoms with E-state index in [9.17, 15) is 19.1 Å². The number of likely N-dealkylation sites (tertiary alicyclic amines) is 1. The number of hydrogen-bond donors (Lipinski definition) is 1. The van der Waals surface area contributed by atoms with Crippen LogP contribution in [0.25, 0.3) is 0 Å². The number of rotatable bonds is 3. The predicted molar refractivity (Wildman–Crippen MR) is 75.6 cm³/mol. The molecule has 2 unspecified atom stereocenters. The lowest BCUT2D eigenvalue weighted by Gasteiger charge is -2.39. The van der Waals surface area contributed by atoms with E-state index in [0.717, 1.165) is 6.07 Å². The summed E-state index contributed by atoms with van der Waals surface area (Å²) in [6.07, 6.45) is 1.08. The standard InChI is InChI=1S/C15H19FN2O3/c1-17(2)12-6-7-18(13(9-12)15(20)21)14(19)10-4-3-5-11(16)8-10/h3-5,8,12-13H,6-7,9H2,1-2H3,(H,20,21). The molecule has 0 aromatic heterocycles. The van der Waals surface area contributed by atoms with Crippen LogP contribution in [0.15, 0.2) is 24.3 Å². The van der Waals surface area contributed by atoms with Crippen LogP contribution < -0.4 is 0 Å². The van der Waals surface area contributed by atoms with Crippen LogP contribution in [0.1, 0.15) is 23.2 Å². The molecule has 1 N–H and O–H groups in total. The van der Waals surface area contributed by atoms with Crippen LogP contribution in [-0.4, -0.2) is 59.5 Å². The molecule has 0 aliphatic carbocycles. The van der Waals surface area contributed by atoms with Crippen molar-refractivity contribution in [1.29, 1.82) is 0 Å². The Labute approximate surface area is 123 Å². The lowest BCUT2D eigenvalue weighted by molar-refractivity contribution is -0.144. The minimum atomic E-state index is -1.02. The van der Waals surface area contributed by atoms with Crippen LogP contribution >= 0.6 is 0 Å². The molecule has 2 rings (SSSR count). The van der Waals surface area contributed by atoms with Crippen LogP contribution in [0, 0.1) is 5.82 Å². The summed E-state index contributed by atoms with van der Waals surface area (Å²) in [6, 6.07) is 4.60. The number of benzene rings is 1. The Morgan fingerprint density at radius 2 is 2.10 bits per heavy atom. The summed E-state index contributed by atoms with van der Waals surface area (Å²) in [5.74, 6) is -1.96. The Kier molecular flexibility index (Phi) is 4.57. The number of nitrogens with zero attached hydrogens (tertiary/aromatic N) is 2. The Bertz CT molecular complexity index is 547. The highest BCUT2D eigenvalue weighted by Crippen LogP contribution is 2.23. The molecule has 0 spiro atoms. The van der Waals surface area contributed by atoms with Crippen molar-refractivity contribution in [2.75, 3.05) is 20.6 Å². The Balaban J connectivity index is 2.21. The first-order valence-corrected chi connectivity index (χ1v) is 6.86. The van der Waals surface area contributed by atoms with E-state index >= 15 is 0 Å². The fourth-order valence-corrected chi connectivity index (χ4v) is 2.68. The number of halogens is 1. The third-order valence-electron chi connectivity index (χ3n) is 3.92. The second kappa shape index (κ2) is 6.22. The van der Waals surface area contributed by atoms with Crippen LogP contribution in [0.3, 0.4) is 0 Å². The maximum atomic E-state index is 13.2. The van der Waals surface area contributed by atoms with Crippen molar-refractivity contribution in [3.05, 3.63) is 35.6 Å². The summed E-state index contributed by atoms with van der Waals surface area (Å²) in [5.41, 5.74) is 0.185. The second-order valence-corrected chi connectivity index (χ2v) is 5.50. The SMILES string of the molecule is CN(C)C1CCN(C(=O)c2cccc(F)c2)C(C(=O)O)C1. The van der Waals surface area contributed by atoms with E-state index in [0.29, 0.717) is 19.4 Å². The third-order valence-corrected chi connectivity index (χ3v) is 3.92. The third kappa shape index (κ3) is 3.39. The van der Waals surface area contributed by atoms with Crippen LogP contribution in [0.5, 0.6) is 0 Å². The van der Waals surface area contributed by atoms with Gasteiger partial charge in [-0.15, -0.1) is 0 Å². The van der Waals surface area contributed by atoms with Gasteiger partial charge in [-0.1, -0.05) is 6.07 Å². The summed E-state index contributed by atoms with van der Waals surface area (Å²) in [4.78, 5) is 27.2. The molecule has 1 aliphatic rings. The number of piperidine rings is 1. The van der Waals surface area contributed by atoms with E-state index < -0.39 is 23.7 Å². The van der Waals surface area contributed by atoms with Gasteiger partial charge in [-0.25, -0.2) is 9.18 Å². The van der Waals surface area contributed by atoms with E-state index in [2.05, 4.69) is 0 Å². The van der Waals surface area contributed by atoms with Crippen molar-refractivity contribution < 1.29 is 19.1 Å². The molecule has 1 heterocycles. The van der Waals surface area contributed by atoms with Gasteiger partial charge in [-0.2, -0.15) is 0 Å². The molecule has 0 saturated carbocycles. The molecule has 2 atom stereocenters. The zero-order chi connectivity index (χ0) is 15.6. The van der Waals surface area contributed by atoms with Gasteiger partial charge in [0.15, 0.2) is 0 Å². The fourth-order valence-electron chi connectivity index (χ4n) is 2.68. The minimum Gasteiger partial charge on any atom is -0.480 e. The van der Waals surface area contributed by atoms with E-state index in [1.807, 2.05) is 19.0 Å². The van der Waals surface area contributed by atoms with Crippen molar-refractivity contribution in [1.82, 2.24) is 9.80 Å². The van der Waals surface area contributed by atoms with Gasteiger partial charge >= 0.3 is 5.97 Å². The van der Waals surface area contributed by atoms with Gasteiger partial charge < -0.3 is 14.9 Å². The smallest absolute Gasteiger partial charge is 0.326 e. The zero-order valence-corrected chi connectivity index (χ0v) is 12.1. The van der Waals surface area contributed by atoms with Gasteiger partial charge in [0.1, 0.15) is 11.9 Å². The fraction of sp³-hybridized carbons (Fsp3) is 0.467. The maximum Gasteiger partial charge on any atom is 0.326 e. The number of amides is 1. The molecular weight excluding hydrogens is 275 g/mol. The molecule has 1 aromatic carbocycles. The Morgan fingerprint density at radius 1 is 1.38 bits per heavy atom. The summed E-state index contributed by atoms with van der Waals surface area (Å²) >= 11 is 0.